The number of carbonyl (C=O) groups excluding carboxylic acids is 1. The maximum atomic E-state index is 11.0. The molecule has 1 aliphatic rings. The molecule has 0 saturated heterocycles. The summed E-state index contributed by atoms with van der Waals surface area (Å²) in [7, 11) is 0. The lowest BCUT2D eigenvalue weighted by Gasteiger charge is -2.11. The molecule has 1 amide bonds. The van der Waals surface area contributed by atoms with Crippen molar-refractivity contribution in [3.05, 3.63) is 63.0 Å². The van der Waals surface area contributed by atoms with Crippen molar-refractivity contribution >= 4 is 51.1 Å². The van der Waals surface area contributed by atoms with E-state index in [0.29, 0.717) is 16.5 Å². The zero-order valence-corrected chi connectivity index (χ0v) is 16.6. The third-order valence-electron chi connectivity index (χ3n) is 3.25. The van der Waals surface area contributed by atoms with Crippen molar-refractivity contribution in [2.45, 2.75) is 13.8 Å². The van der Waals surface area contributed by atoms with Crippen LogP contribution in [0, 0.1) is 17.3 Å². The Bertz CT molecular complexity index is 907. The lowest BCUT2D eigenvalue weighted by molar-refractivity contribution is -0.377. The highest BCUT2D eigenvalue weighted by Gasteiger charge is 2.12. The summed E-state index contributed by atoms with van der Waals surface area (Å²) in [6, 6.07) is 0. The minimum atomic E-state index is -0.455. The molecule has 6 N–H and O–H groups in total. The number of thiocarbonyl (C=S) groups is 1. The first-order valence-corrected chi connectivity index (χ1v) is 9.10. The highest BCUT2D eigenvalue weighted by atomic mass is 32.1. The van der Waals surface area contributed by atoms with Crippen molar-refractivity contribution in [2.75, 3.05) is 5.43 Å². The van der Waals surface area contributed by atoms with Crippen LogP contribution in [0.1, 0.15) is 17.5 Å². The number of hydrogen-bond acceptors (Lipinski definition) is 8. The number of thiazole rings is 1. The van der Waals surface area contributed by atoms with Gasteiger partial charge < -0.3 is 16.1 Å². The van der Waals surface area contributed by atoms with Crippen molar-refractivity contribution in [2.24, 2.45) is 5.73 Å². The Morgan fingerprint density at radius 3 is 2.50 bits per heavy atom. The molecule has 0 unspecified atom stereocenters. The smallest absolute Gasteiger partial charge is 0.235 e. The van der Waals surface area contributed by atoms with Gasteiger partial charge >= 0.3 is 0 Å². The molecule has 0 aromatic carbocycles. The number of hydrazine groups is 2. The number of rotatable bonds is 6. The van der Waals surface area contributed by atoms with E-state index < -0.39 is 4.90 Å². The summed E-state index contributed by atoms with van der Waals surface area (Å²) in [5.74, 6) is -0.245. The number of nitrogens with one attached hydrogen (secondary N) is 4. The van der Waals surface area contributed by atoms with Gasteiger partial charge in [0.15, 0.2) is 5.11 Å². The number of allylic oxidation sites excluding steroid dienone is 7. The fraction of sp³-hybridized carbons (Fsp3) is 0.125. The van der Waals surface area contributed by atoms with E-state index in [1.54, 1.807) is 24.3 Å². The van der Waals surface area contributed by atoms with Crippen LogP contribution in [-0.4, -0.2) is 26.6 Å². The SMILES string of the molecule is CC(=O)NNc1nc(C)c(C(=CC=C2C=CC(=[N+]([O-])[O-])C=C2)NNC(N)=S)s1. The van der Waals surface area contributed by atoms with Crippen LogP contribution in [-0.2, 0) is 4.79 Å². The number of hydrogen-bond donors (Lipinski definition) is 5. The third kappa shape index (κ3) is 6.10. The van der Waals surface area contributed by atoms with Gasteiger partial charge in [0.2, 0.25) is 16.8 Å². The highest BCUT2D eigenvalue weighted by molar-refractivity contribution is 7.80. The van der Waals surface area contributed by atoms with Crippen molar-refractivity contribution in [1.82, 2.24) is 21.3 Å². The van der Waals surface area contributed by atoms with Gasteiger partial charge in [-0.1, -0.05) is 17.4 Å². The van der Waals surface area contributed by atoms with Gasteiger partial charge in [-0.3, -0.25) is 26.5 Å². The molecular formula is C16H18N7O3S2-. The largest absolute Gasteiger partial charge is 0.612 e. The summed E-state index contributed by atoms with van der Waals surface area (Å²) < 4.78 is 0. The van der Waals surface area contributed by atoms with Crippen molar-refractivity contribution in [3.63, 3.8) is 0 Å². The Labute approximate surface area is 170 Å². The first kappa shape index (κ1) is 20.9. The number of aromatic nitrogens is 1. The van der Waals surface area contributed by atoms with E-state index in [4.69, 9.17) is 18.0 Å². The van der Waals surface area contributed by atoms with Crippen LogP contribution in [0.2, 0.25) is 0 Å². The lowest BCUT2D eigenvalue weighted by Crippen LogP contribution is -2.39. The molecule has 1 aliphatic carbocycles. The average Bonchev–Trinajstić information content (AvgIpc) is 3.01. The van der Waals surface area contributed by atoms with Crippen LogP contribution in [0.5, 0.6) is 0 Å². The second-order valence-electron chi connectivity index (χ2n) is 5.45. The molecule has 0 atom stereocenters. The lowest BCUT2D eigenvalue weighted by atomic mass is 10.1. The van der Waals surface area contributed by atoms with Crippen molar-refractivity contribution < 1.29 is 9.70 Å². The van der Waals surface area contributed by atoms with Gasteiger partial charge in [0.1, 0.15) is 0 Å². The van der Waals surface area contributed by atoms with Crippen LogP contribution in [0.15, 0.2) is 42.0 Å². The molecule has 148 valence electrons. The molecule has 0 aliphatic heterocycles. The fourth-order valence-corrected chi connectivity index (χ4v) is 2.98. The summed E-state index contributed by atoms with van der Waals surface area (Å²) >= 11 is 6.12. The Balaban J connectivity index is 2.29. The minimum Gasteiger partial charge on any atom is -0.612 e. The van der Waals surface area contributed by atoms with Gasteiger partial charge in [0.05, 0.1) is 16.3 Å². The molecule has 10 nitrogen and oxygen atoms in total. The van der Waals surface area contributed by atoms with E-state index in [0.717, 1.165) is 10.5 Å². The Kier molecular flexibility index (Phi) is 7.12. The summed E-state index contributed by atoms with van der Waals surface area (Å²) in [4.78, 5) is 15.7. The maximum absolute atomic E-state index is 11.0. The summed E-state index contributed by atoms with van der Waals surface area (Å²) in [6.45, 7) is 3.19. The molecule has 12 heteroatoms. The number of nitrogens with zero attached hydrogens (tertiary/aromatic N) is 2. The van der Waals surface area contributed by atoms with E-state index in [9.17, 15) is 15.2 Å². The van der Waals surface area contributed by atoms with E-state index in [-0.39, 0.29) is 16.7 Å². The normalized spacial score (nSPS) is 13.1. The molecule has 0 spiro atoms. The minimum absolute atomic E-state index is 0.0154. The van der Waals surface area contributed by atoms with E-state index in [1.807, 2.05) is 6.92 Å². The van der Waals surface area contributed by atoms with Crippen molar-refractivity contribution in [3.8, 4) is 0 Å². The summed E-state index contributed by atoms with van der Waals surface area (Å²) in [6.07, 6.45) is 9.65. The van der Waals surface area contributed by atoms with Crippen LogP contribution >= 0.6 is 23.6 Å². The number of anilines is 1. The molecule has 0 radical (unpaired) electrons. The van der Waals surface area contributed by atoms with Gasteiger partial charge in [0, 0.05) is 19.1 Å². The predicted molar refractivity (Wildman–Crippen MR) is 114 cm³/mol. The highest BCUT2D eigenvalue weighted by Crippen LogP contribution is 2.27. The van der Waals surface area contributed by atoms with Crippen LogP contribution in [0.3, 0.4) is 0 Å². The van der Waals surface area contributed by atoms with Gasteiger partial charge in [-0.15, -0.1) is 0 Å². The molecule has 0 fully saturated rings. The monoisotopic (exact) mass is 420 g/mol. The number of carbonyl (C=O) groups is 1. The van der Waals surface area contributed by atoms with Crippen molar-refractivity contribution in [1.29, 1.82) is 0 Å². The quantitative estimate of drug-likeness (QED) is 0.258. The molecule has 0 saturated carbocycles. The zero-order valence-electron chi connectivity index (χ0n) is 15.0. The summed E-state index contributed by atoms with van der Waals surface area (Å²) in [5, 5.41) is 22.1. The van der Waals surface area contributed by atoms with Crippen LogP contribution < -0.4 is 27.4 Å². The van der Waals surface area contributed by atoms with E-state index in [1.165, 1.54) is 30.4 Å². The molecule has 0 bridgehead atoms. The molecular weight excluding hydrogens is 402 g/mol. The van der Waals surface area contributed by atoms with Gasteiger partial charge in [-0.05, 0) is 42.9 Å². The molecule has 1 aromatic heterocycles. The Morgan fingerprint density at radius 1 is 1.25 bits per heavy atom. The number of nitrogens with two attached hydrogens (primary N) is 1. The number of aryl methyl sites for hydroxylation is 1. The Hall–Kier alpha value is -3.38. The zero-order chi connectivity index (χ0) is 20.7. The average molecular weight is 421 g/mol. The number of amides is 1. The second-order valence-corrected chi connectivity index (χ2v) is 6.89. The van der Waals surface area contributed by atoms with E-state index >= 15 is 0 Å². The fourth-order valence-electron chi connectivity index (χ4n) is 2.03. The second kappa shape index (κ2) is 9.53. The predicted octanol–water partition coefficient (Wildman–Crippen LogP) is 1.09. The van der Waals surface area contributed by atoms with Crippen LogP contribution in [0.25, 0.3) is 5.70 Å². The van der Waals surface area contributed by atoms with Gasteiger partial charge in [0.25, 0.3) is 0 Å². The first-order chi connectivity index (χ1) is 13.3. The first-order valence-electron chi connectivity index (χ1n) is 7.87. The maximum Gasteiger partial charge on any atom is 0.235 e. The Morgan fingerprint density at radius 2 is 1.93 bits per heavy atom. The van der Waals surface area contributed by atoms with Crippen LogP contribution in [0.4, 0.5) is 5.13 Å². The summed E-state index contributed by atoms with van der Waals surface area (Å²) in [5.41, 5.74) is 18.4. The topological polar surface area (TPSA) is 153 Å². The third-order valence-corrected chi connectivity index (χ3v) is 4.46. The molecule has 2 rings (SSSR count). The standard InChI is InChI=1S/C16H18N7O3S2/c1-9-14(28-16(18-9)22-19-10(2)24)13(20-21-15(17)27)8-5-11-3-6-12(7-4-11)23(25)26/h3-8,20H,1-2H3,(H5-,17,18,19,21,22,24,25,26,27)/q-1. The molecule has 1 aromatic rings. The van der Waals surface area contributed by atoms with Gasteiger partial charge in [-0.2, -0.15) is 4.90 Å². The molecule has 1 heterocycles. The molecule has 28 heavy (non-hydrogen) atoms. The van der Waals surface area contributed by atoms with Gasteiger partial charge in [-0.25, -0.2) is 4.98 Å². The van der Waals surface area contributed by atoms with E-state index in [2.05, 4.69) is 26.7 Å².